The minimum atomic E-state index is 0.483. The van der Waals surface area contributed by atoms with Gasteiger partial charge in [-0.15, -0.1) is 0 Å². The minimum absolute atomic E-state index is 0.483. The molecule has 2 heterocycles. The third kappa shape index (κ3) is 1.75. The second-order valence-corrected chi connectivity index (χ2v) is 3.88. The van der Waals surface area contributed by atoms with Crippen molar-refractivity contribution in [1.29, 1.82) is 0 Å². The summed E-state index contributed by atoms with van der Waals surface area (Å²) in [6.07, 6.45) is 4.65. The van der Waals surface area contributed by atoms with E-state index in [1.807, 2.05) is 6.92 Å². The normalized spacial score (nSPS) is 24.9. The molecule has 1 saturated heterocycles. The van der Waals surface area contributed by atoms with Gasteiger partial charge in [0, 0.05) is 12.2 Å². The Morgan fingerprint density at radius 1 is 1.69 bits per heavy atom. The van der Waals surface area contributed by atoms with Gasteiger partial charge in [0.25, 0.3) is 0 Å². The highest BCUT2D eigenvalue weighted by Crippen LogP contribution is 2.18. The molecule has 13 heavy (non-hydrogen) atoms. The average molecular weight is 179 g/mol. The molecule has 0 aromatic carbocycles. The van der Waals surface area contributed by atoms with Crippen LogP contribution >= 0.6 is 0 Å². The first-order chi connectivity index (χ1) is 6.27. The van der Waals surface area contributed by atoms with Gasteiger partial charge in [0.15, 0.2) is 0 Å². The largest absolute Gasteiger partial charge is 0.312 e. The molecule has 1 aromatic heterocycles. The lowest BCUT2D eigenvalue weighted by Gasteiger charge is -2.19. The Kier molecular flexibility index (Phi) is 2.36. The molecule has 3 heteroatoms. The van der Waals surface area contributed by atoms with E-state index in [4.69, 9.17) is 0 Å². The molecule has 0 amide bonds. The van der Waals surface area contributed by atoms with Crippen molar-refractivity contribution in [2.45, 2.75) is 38.8 Å². The molecule has 1 N–H and O–H groups in total. The predicted molar refractivity (Wildman–Crippen MR) is 52.7 cm³/mol. The lowest BCUT2D eigenvalue weighted by Crippen LogP contribution is -2.31. The van der Waals surface area contributed by atoms with E-state index in [0.29, 0.717) is 12.1 Å². The van der Waals surface area contributed by atoms with Gasteiger partial charge in [0.05, 0.1) is 11.7 Å². The summed E-state index contributed by atoms with van der Waals surface area (Å²) in [7, 11) is 0. The number of hydrogen-bond donors (Lipinski definition) is 1. The summed E-state index contributed by atoms with van der Waals surface area (Å²) in [6.45, 7) is 5.43. The van der Waals surface area contributed by atoms with E-state index in [2.05, 4.69) is 34.3 Å². The van der Waals surface area contributed by atoms with Crippen LogP contribution in [0, 0.1) is 6.92 Å². The molecule has 72 valence electrons. The van der Waals surface area contributed by atoms with Crippen LogP contribution in [0.5, 0.6) is 0 Å². The number of rotatable bonds is 2. The maximum atomic E-state index is 4.43. The van der Waals surface area contributed by atoms with Crippen LogP contribution in [0.4, 0.5) is 0 Å². The highest BCUT2D eigenvalue weighted by atomic mass is 15.3. The molecule has 1 aliphatic heterocycles. The summed E-state index contributed by atoms with van der Waals surface area (Å²) in [6, 6.07) is 3.15. The van der Waals surface area contributed by atoms with E-state index in [1.54, 1.807) is 0 Å². The molecule has 0 unspecified atom stereocenters. The van der Waals surface area contributed by atoms with Gasteiger partial charge < -0.3 is 5.32 Å². The Balaban J connectivity index is 2.07. The third-order valence-corrected chi connectivity index (χ3v) is 2.84. The monoisotopic (exact) mass is 179 g/mol. The predicted octanol–water partition coefficient (Wildman–Crippen LogP) is 1.50. The third-order valence-electron chi connectivity index (χ3n) is 2.84. The lowest BCUT2D eigenvalue weighted by molar-refractivity contribution is 0.378. The van der Waals surface area contributed by atoms with E-state index in [1.165, 1.54) is 12.8 Å². The highest BCUT2D eigenvalue weighted by molar-refractivity contribution is 4.97. The lowest BCUT2D eigenvalue weighted by atomic mass is 10.1. The van der Waals surface area contributed by atoms with Gasteiger partial charge in [-0.25, -0.2) is 0 Å². The first-order valence-electron chi connectivity index (χ1n) is 5.02. The number of hydrogen-bond acceptors (Lipinski definition) is 2. The Bertz CT molecular complexity index is 273. The minimum Gasteiger partial charge on any atom is -0.312 e. The van der Waals surface area contributed by atoms with Crippen LogP contribution in [0.1, 0.15) is 31.5 Å². The van der Waals surface area contributed by atoms with E-state index in [-0.39, 0.29) is 0 Å². The maximum Gasteiger partial charge on any atom is 0.0644 e. The molecule has 2 rings (SSSR count). The summed E-state index contributed by atoms with van der Waals surface area (Å²) < 4.78 is 2.07. The number of nitrogens with one attached hydrogen (secondary N) is 1. The van der Waals surface area contributed by atoms with E-state index in [0.717, 1.165) is 12.2 Å². The quantitative estimate of drug-likeness (QED) is 0.745. The van der Waals surface area contributed by atoms with Gasteiger partial charge in [-0.05, 0) is 39.3 Å². The molecule has 0 aliphatic carbocycles. The van der Waals surface area contributed by atoms with Crippen molar-refractivity contribution in [2.75, 3.05) is 6.54 Å². The number of nitrogens with zero attached hydrogens (tertiary/aromatic N) is 2. The summed E-state index contributed by atoms with van der Waals surface area (Å²) in [5, 5.41) is 7.94. The van der Waals surface area contributed by atoms with Crippen molar-refractivity contribution >= 4 is 0 Å². The van der Waals surface area contributed by atoms with E-state index < -0.39 is 0 Å². The summed E-state index contributed by atoms with van der Waals surface area (Å²) in [5.74, 6) is 0. The van der Waals surface area contributed by atoms with Gasteiger partial charge in [0.2, 0.25) is 0 Å². The fraction of sp³-hybridized carbons (Fsp3) is 0.700. The van der Waals surface area contributed by atoms with E-state index in [9.17, 15) is 0 Å². The average Bonchev–Trinajstić information content (AvgIpc) is 2.72. The fourth-order valence-corrected chi connectivity index (χ4v) is 1.97. The number of aryl methyl sites for hydroxylation is 1. The summed E-state index contributed by atoms with van der Waals surface area (Å²) in [4.78, 5) is 0. The highest BCUT2D eigenvalue weighted by Gasteiger charge is 2.22. The zero-order chi connectivity index (χ0) is 9.26. The second kappa shape index (κ2) is 3.50. The van der Waals surface area contributed by atoms with E-state index >= 15 is 0 Å². The van der Waals surface area contributed by atoms with Crippen molar-refractivity contribution in [3.05, 3.63) is 18.0 Å². The standard InChI is InChI=1S/C10H17N3/c1-8-5-7-13(12-8)9(2)10-4-3-6-11-10/h5,7,9-11H,3-4,6H2,1-2H3/t9-,10+/m0/s1. The second-order valence-electron chi connectivity index (χ2n) is 3.88. The van der Waals surface area contributed by atoms with Crippen LogP contribution in [-0.2, 0) is 0 Å². The van der Waals surface area contributed by atoms with Gasteiger partial charge in [-0.2, -0.15) is 5.10 Å². The van der Waals surface area contributed by atoms with Crippen molar-refractivity contribution in [3.8, 4) is 0 Å². The maximum absolute atomic E-state index is 4.43. The fourth-order valence-electron chi connectivity index (χ4n) is 1.97. The molecular weight excluding hydrogens is 162 g/mol. The zero-order valence-corrected chi connectivity index (χ0v) is 8.33. The van der Waals surface area contributed by atoms with Crippen molar-refractivity contribution in [2.24, 2.45) is 0 Å². The molecule has 1 fully saturated rings. The van der Waals surface area contributed by atoms with Crippen molar-refractivity contribution < 1.29 is 0 Å². The van der Waals surface area contributed by atoms with Gasteiger partial charge in [-0.1, -0.05) is 0 Å². The van der Waals surface area contributed by atoms with Crippen LogP contribution in [0.25, 0.3) is 0 Å². The van der Waals surface area contributed by atoms with Crippen LogP contribution in [0.15, 0.2) is 12.3 Å². The zero-order valence-electron chi connectivity index (χ0n) is 8.33. The van der Waals surface area contributed by atoms with Gasteiger partial charge >= 0.3 is 0 Å². The van der Waals surface area contributed by atoms with Gasteiger partial charge in [-0.3, -0.25) is 4.68 Å². The molecule has 0 spiro atoms. The molecule has 2 atom stereocenters. The first kappa shape index (κ1) is 8.75. The topological polar surface area (TPSA) is 29.9 Å². The number of aromatic nitrogens is 2. The van der Waals surface area contributed by atoms with Crippen LogP contribution in [-0.4, -0.2) is 22.4 Å². The summed E-state index contributed by atoms with van der Waals surface area (Å²) >= 11 is 0. The molecule has 0 radical (unpaired) electrons. The molecular formula is C10H17N3. The SMILES string of the molecule is Cc1ccn([C@@H](C)[C@H]2CCCN2)n1. The Morgan fingerprint density at radius 3 is 3.08 bits per heavy atom. The van der Waals surface area contributed by atoms with Gasteiger partial charge in [0.1, 0.15) is 0 Å². The van der Waals surface area contributed by atoms with Crippen LogP contribution in [0.2, 0.25) is 0 Å². The van der Waals surface area contributed by atoms with Crippen molar-refractivity contribution in [1.82, 2.24) is 15.1 Å². The van der Waals surface area contributed by atoms with Crippen molar-refractivity contribution in [3.63, 3.8) is 0 Å². The van der Waals surface area contributed by atoms with Crippen LogP contribution in [0.3, 0.4) is 0 Å². The van der Waals surface area contributed by atoms with Crippen LogP contribution < -0.4 is 5.32 Å². The first-order valence-corrected chi connectivity index (χ1v) is 5.02. The molecule has 0 saturated carbocycles. The molecule has 0 bridgehead atoms. The Morgan fingerprint density at radius 2 is 2.54 bits per heavy atom. The summed E-state index contributed by atoms with van der Waals surface area (Å²) in [5.41, 5.74) is 1.10. The Labute approximate surface area is 79.1 Å². The Hall–Kier alpha value is -0.830. The molecule has 1 aromatic rings. The molecule has 1 aliphatic rings. The smallest absolute Gasteiger partial charge is 0.0644 e. The molecule has 3 nitrogen and oxygen atoms in total.